The first kappa shape index (κ1) is 20.9. The van der Waals surface area contributed by atoms with E-state index in [0.717, 1.165) is 42.7 Å². The van der Waals surface area contributed by atoms with Gasteiger partial charge in [0.05, 0.1) is 23.5 Å². The van der Waals surface area contributed by atoms with Gasteiger partial charge in [-0.3, -0.25) is 4.72 Å². The molecular formula is C23H25N5O2S. The third-order valence-electron chi connectivity index (χ3n) is 5.10. The molecular weight excluding hydrogens is 410 g/mol. The SMILES string of the molecule is Cc1ccc(/C=C/S(=O)(=O)Nc2cnc(N3CCN(c4ccccc4)CC3)nc2)cc1. The molecule has 1 aliphatic heterocycles. The van der Waals surface area contributed by atoms with Gasteiger partial charge in [-0.1, -0.05) is 48.0 Å². The fourth-order valence-corrected chi connectivity index (χ4v) is 4.22. The molecule has 4 rings (SSSR count). The first-order valence-corrected chi connectivity index (χ1v) is 11.7. The van der Waals surface area contributed by atoms with Gasteiger partial charge in [0.1, 0.15) is 0 Å². The number of nitrogens with zero attached hydrogens (tertiary/aromatic N) is 4. The number of sulfonamides is 1. The Kier molecular flexibility index (Phi) is 6.18. The van der Waals surface area contributed by atoms with E-state index in [-0.39, 0.29) is 0 Å². The lowest BCUT2D eigenvalue weighted by atomic mass is 10.2. The van der Waals surface area contributed by atoms with E-state index in [9.17, 15) is 8.42 Å². The molecule has 1 aromatic heterocycles. The molecule has 0 saturated carbocycles. The lowest BCUT2D eigenvalue weighted by Gasteiger charge is -2.36. The van der Waals surface area contributed by atoms with E-state index < -0.39 is 10.0 Å². The molecule has 1 saturated heterocycles. The van der Waals surface area contributed by atoms with Crippen LogP contribution in [0.25, 0.3) is 6.08 Å². The summed E-state index contributed by atoms with van der Waals surface area (Å²) in [6, 6.07) is 17.9. The van der Waals surface area contributed by atoms with Crippen molar-refractivity contribution in [2.24, 2.45) is 0 Å². The zero-order chi connectivity index (χ0) is 21.7. The standard InChI is InChI=1S/C23H25N5O2S/c1-19-7-9-20(10-8-19)11-16-31(29,30)26-21-17-24-23(25-18-21)28-14-12-27(13-15-28)22-5-3-2-4-6-22/h2-11,16-18,26H,12-15H2,1H3/b16-11+. The highest BCUT2D eigenvalue weighted by Gasteiger charge is 2.19. The smallest absolute Gasteiger partial charge is 0.255 e. The minimum atomic E-state index is -3.65. The summed E-state index contributed by atoms with van der Waals surface area (Å²) >= 11 is 0. The number of para-hydroxylation sites is 1. The van der Waals surface area contributed by atoms with E-state index in [0.29, 0.717) is 11.6 Å². The van der Waals surface area contributed by atoms with Crippen molar-refractivity contribution < 1.29 is 8.42 Å². The predicted octanol–water partition coefficient (Wildman–Crippen LogP) is 3.52. The third-order valence-corrected chi connectivity index (χ3v) is 6.11. The van der Waals surface area contributed by atoms with Gasteiger partial charge in [0, 0.05) is 31.9 Å². The summed E-state index contributed by atoms with van der Waals surface area (Å²) in [6.07, 6.45) is 4.57. The van der Waals surface area contributed by atoms with Crippen LogP contribution in [0.15, 0.2) is 72.4 Å². The summed E-state index contributed by atoms with van der Waals surface area (Å²) < 4.78 is 27.1. The fourth-order valence-electron chi connectivity index (χ4n) is 3.38. The lowest BCUT2D eigenvalue weighted by molar-refractivity contribution is 0.609. The van der Waals surface area contributed by atoms with E-state index in [1.54, 1.807) is 6.08 Å². The zero-order valence-corrected chi connectivity index (χ0v) is 18.2. The molecule has 7 nitrogen and oxygen atoms in total. The fraction of sp³-hybridized carbons (Fsp3) is 0.217. The molecule has 2 aromatic carbocycles. The average molecular weight is 436 g/mol. The minimum Gasteiger partial charge on any atom is -0.368 e. The number of anilines is 3. The van der Waals surface area contributed by atoms with E-state index in [2.05, 4.69) is 36.6 Å². The molecule has 0 spiro atoms. The molecule has 0 bridgehead atoms. The number of hydrogen-bond acceptors (Lipinski definition) is 6. The summed E-state index contributed by atoms with van der Waals surface area (Å²) in [7, 11) is -3.65. The average Bonchev–Trinajstić information content (AvgIpc) is 2.80. The molecule has 8 heteroatoms. The number of hydrogen-bond donors (Lipinski definition) is 1. The molecule has 2 heterocycles. The molecule has 0 atom stereocenters. The van der Waals surface area contributed by atoms with Crippen LogP contribution >= 0.6 is 0 Å². The van der Waals surface area contributed by atoms with Gasteiger partial charge in [-0.2, -0.15) is 0 Å². The van der Waals surface area contributed by atoms with Gasteiger partial charge in [-0.25, -0.2) is 18.4 Å². The van der Waals surface area contributed by atoms with E-state index in [1.807, 2.05) is 49.4 Å². The van der Waals surface area contributed by atoms with E-state index in [4.69, 9.17) is 0 Å². The molecule has 3 aromatic rings. The molecule has 0 radical (unpaired) electrons. The normalized spacial score (nSPS) is 14.7. The maximum atomic E-state index is 12.3. The monoisotopic (exact) mass is 435 g/mol. The highest BCUT2D eigenvalue weighted by Crippen LogP contribution is 2.19. The van der Waals surface area contributed by atoms with Crippen LogP contribution in [-0.4, -0.2) is 44.6 Å². The number of aromatic nitrogens is 2. The van der Waals surface area contributed by atoms with Crippen LogP contribution < -0.4 is 14.5 Å². The van der Waals surface area contributed by atoms with Crippen molar-refractivity contribution in [2.45, 2.75) is 6.92 Å². The van der Waals surface area contributed by atoms with Crippen molar-refractivity contribution in [3.8, 4) is 0 Å². The first-order valence-electron chi connectivity index (χ1n) is 10.1. The molecule has 31 heavy (non-hydrogen) atoms. The Bertz CT molecular complexity index is 1120. The molecule has 0 amide bonds. The van der Waals surface area contributed by atoms with Gasteiger partial charge in [-0.15, -0.1) is 0 Å². The third kappa shape index (κ3) is 5.61. The Morgan fingerprint density at radius 1 is 0.871 bits per heavy atom. The van der Waals surface area contributed by atoms with Crippen molar-refractivity contribution in [3.05, 3.63) is 83.5 Å². The maximum Gasteiger partial charge on any atom is 0.255 e. The molecule has 0 unspecified atom stereocenters. The van der Waals surface area contributed by atoms with Crippen LogP contribution in [0.1, 0.15) is 11.1 Å². The maximum absolute atomic E-state index is 12.3. The van der Waals surface area contributed by atoms with Gasteiger partial charge in [0.25, 0.3) is 10.0 Å². The Balaban J connectivity index is 1.34. The van der Waals surface area contributed by atoms with Crippen LogP contribution in [0, 0.1) is 6.92 Å². The summed E-state index contributed by atoms with van der Waals surface area (Å²) in [5.41, 5.74) is 3.49. The molecule has 160 valence electrons. The van der Waals surface area contributed by atoms with Gasteiger partial charge in [-0.05, 0) is 30.7 Å². The van der Waals surface area contributed by atoms with Crippen LogP contribution in [0.5, 0.6) is 0 Å². The van der Waals surface area contributed by atoms with Gasteiger partial charge in [0.15, 0.2) is 0 Å². The number of nitrogens with one attached hydrogen (secondary N) is 1. The highest BCUT2D eigenvalue weighted by atomic mass is 32.2. The van der Waals surface area contributed by atoms with Crippen molar-refractivity contribution in [3.63, 3.8) is 0 Å². The Morgan fingerprint density at radius 2 is 1.48 bits per heavy atom. The molecule has 1 N–H and O–H groups in total. The highest BCUT2D eigenvalue weighted by molar-refractivity contribution is 7.95. The number of benzene rings is 2. The van der Waals surface area contributed by atoms with E-state index in [1.165, 1.54) is 18.1 Å². The van der Waals surface area contributed by atoms with Crippen LogP contribution in [0.2, 0.25) is 0 Å². The second kappa shape index (κ2) is 9.18. The number of rotatable bonds is 6. The Labute approximate surface area is 183 Å². The van der Waals surface area contributed by atoms with Crippen LogP contribution in [0.3, 0.4) is 0 Å². The van der Waals surface area contributed by atoms with Crippen LogP contribution in [-0.2, 0) is 10.0 Å². The Hall–Kier alpha value is -3.39. The topological polar surface area (TPSA) is 78.4 Å². The quantitative estimate of drug-likeness (QED) is 0.638. The summed E-state index contributed by atoms with van der Waals surface area (Å²) in [5, 5.41) is 1.15. The van der Waals surface area contributed by atoms with Crippen LogP contribution in [0.4, 0.5) is 17.3 Å². The molecule has 1 aliphatic rings. The number of aryl methyl sites for hydroxylation is 1. The molecule has 1 fully saturated rings. The van der Waals surface area contributed by atoms with Gasteiger partial charge in [0.2, 0.25) is 5.95 Å². The predicted molar refractivity (Wildman–Crippen MR) is 126 cm³/mol. The summed E-state index contributed by atoms with van der Waals surface area (Å²) in [4.78, 5) is 13.2. The zero-order valence-electron chi connectivity index (χ0n) is 17.3. The summed E-state index contributed by atoms with van der Waals surface area (Å²) in [5.74, 6) is 0.603. The second-order valence-electron chi connectivity index (χ2n) is 7.44. The molecule has 0 aliphatic carbocycles. The van der Waals surface area contributed by atoms with Crippen molar-refractivity contribution in [1.82, 2.24) is 9.97 Å². The van der Waals surface area contributed by atoms with Crippen molar-refractivity contribution in [2.75, 3.05) is 40.7 Å². The van der Waals surface area contributed by atoms with E-state index >= 15 is 0 Å². The minimum absolute atomic E-state index is 0.334. The Morgan fingerprint density at radius 3 is 2.13 bits per heavy atom. The summed E-state index contributed by atoms with van der Waals surface area (Å²) in [6.45, 7) is 5.36. The number of piperazine rings is 1. The largest absolute Gasteiger partial charge is 0.368 e. The van der Waals surface area contributed by atoms with Gasteiger partial charge >= 0.3 is 0 Å². The second-order valence-corrected chi connectivity index (χ2v) is 9.01. The lowest BCUT2D eigenvalue weighted by Crippen LogP contribution is -2.47. The van der Waals surface area contributed by atoms with Gasteiger partial charge < -0.3 is 9.80 Å². The van der Waals surface area contributed by atoms with Crippen molar-refractivity contribution >= 4 is 33.4 Å². The van der Waals surface area contributed by atoms with Crippen molar-refractivity contribution in [1.29, 1.82) is 0 Å². The first-order chi connectivity index (χ1) is 15.0.